The Hall–Kier alpha value is -2.46. The van der Waals surface area contributed by atoms with Crippen LogP contribution in [0, 0.1) is 6.92 Å². The molecule has 1 aliphatic rings. The van der Waals surface area contributed by atoms with Gasteiger partial charge in [-0.3, -0.25) is 4.79 Å². The van der Waals surface area contributed by atoms with Gasteiger partial charge in [-0.05, 0) is 44.5 Å². The molecule has 0 saturated carbocycles. The first-order valence-electron chi connectivity index (χ1n) is 9.70. The second-order valence-corrected chi connectivity index (χ2v) is 8.72. The smallest absolute Gasteiger partial charge is 0.243 e. The Morgan fingerprint density at radius 2 is 1.86 bits per heavy atom. The Bertz CT molecular complexity index is 918. The Morgan fingerprint density at radius 3 is 2.45 bits per heavy atom. The summed E-state index contributed by atoms with van der Waals surface area (Å²) in [6.07, 6.45) is 1.54. The molecule has 0 radical (unpaired) electrons. The Labute approximate surface area is 170 Å². The number of carbonyl (C=O) groups excluding carboxylic acids is 1. The number of nitrogens with zero attached hydrogens (tertiary/aromatic N) is 4. The SMILES string of the molecule is CCOc1ccc(S(=O)(=O)N2CCN(C(=O)CCCc3nc(C)no3)CC2)cc1. The van der Waals surface area contributed by atoms with E-state index >= 15 is 0 Å². The molecule has 9 nitrogen and oxygen atoms in total. The summed E-state index contributed by atoms with van der Waals surface area (Å²) in [7, 11) is -3.58. The lowest BCUT2D eigenvalue weighted by Crippen LogP contribution is -2.50. The molecule has 2 heterocycles. The lowest BCUT2D eigenvalue weighted by Gasteiger charge is -2.34. The van der Waals surface area contributed by atoms with Crippen LogP contribution in [0.2, 0.25) is 0 Å². The fourth-order valence-corrected chi connectivity index (χ4v) is 4.61. The van der Waals surface area contributed by atoms with Gasteiger partial charge in [-0.2, -0.15) is 9.29 Å². The number of carbonyl (C=O) groups is 1. The van der Waals surface area contributed by atoms with E-state index in [1.54, 1.807) is 36.1 Å². The summed E-state index contributed by atoms with van der Waals surface area (Å²) < 4.78 is 37.5. The summed E-state index contributed by atoms with van der Waals surface area (Å²) >= 11 is 0. The van der Waals surface area contributed by atoms with E-state index in [1.165, 1.54) is 4.31 Å². The quantitative estimate of drug-likeness (QED) is 0.636. The van der Waals surface area contributed by atoms with Crippen molar-refractivity contribution in [2.45, 2.75) is 38.0 Å². The van der Waals surface area contributed by atoms with Crippen molar-refractivity contribution in [1.29, 1.82) is 0 Å². The number of piperazine rings is 1. The van der Waals surface area contributed by atoms with E-state index in [-0.39, 0.29) is 23.9 Å². The van der Waals surface area contributed by atoms with Crippen molar-refractivity contribution in [2.75, 3.05) is 32.8 Å². The Kier molecular flexibility index (Phi) is 6.86. The summed E-state index contributed by atoms with van der Waals surface area (Å²) in [5.74, 6) is 1.76. The van der Waals surface area contributed by atoms with Gasteiger partial charge >= 0.3 is 0 Å². The Morgan fingerprint density at radius 1 is 1.17 bits per heavy atom. The van der Waals surface area contributed by atoms with Crippen LogP contribution in [0.1, 0.15) is 31.5 Å². The number of rotatable bonds is 8. The molecule has 0 N–H and O–H groups in total. The van der Waals surface area contributed by atoms with E-state index in [9.17, 15) is 13.2 Å². The number of sulfonamides is 1. The van der Waals surface area contributed by atoms with E-state index in [0.717, 1.165) is 0 Å². The summed E-state index contributed by atoms with van der Waals surface area (Å²) in [6, 6.07) is 6.41. The maximum absolute atomic E-state index is 12.8. The van der Waals surface area contributed by atoms with Crippen LogP contribution in [-0.2, 0) is 21.2 Å². The maximum Gasteiger partial charge on any atom is 0.243 e. The normalized spacial score (nSPS) is 15.4. The first-order valence-corrected chi connectivity index (χ1v) is 11.1. The van der Waals surface area contributed by atoms with Gasteiger partial charge in [0, 0.05) is 39.0 Å². The van der Waals surface area contributed by atoms with Gasteiger partial charge in [0.15, 0.2) is 5.82 Å². The van der Waals surface area contributed by atoms with Crippen molar-refractivity contribution in [2.24, 2.45) is 0 Å². The summed E-state index contributed by atoms with van der Waals surface area (Å²) in [5.41, 5.74) is 0. The van der Waals surface area contributed by atoms with Crippen molar-refractivity contribution in [3.05, 3.63) is 36.0 Å². The molecule has 1 aromatic heterocycles. The van der Waals surface area contributed by atoms with Gasteiger partial charge in [0.2, 0.25) is 21.8 Å². The fourth-order valence-electron chi connectivity index (χ4n) is 3.19. The van der Waals surface area contributed by atoms with Crippen LogP contribution < -0.4 is 4.74 Å². The molecule has 1 amide bonds. The van der Waals surface area contributed by atoms with Crippen LogP contribution >= 0.6 is 0 Å². The predicted octanol–water partition coefficient (Wildman–Crippen LogP) is 1.63. The number of hydrogen-bond donors (Lipinski definition) is 0. The monoisotopic (exact) mass is 422 g/mol. The van der Waals surface area contributed by atoms with Crippen LogP contribution in [0.3, 0.4) is 0 Å². The van der Waals surface area contributed by atoms with Crippen molar-refractivity contribution >= 4 is 15.9 Å². The zero-order valence-corrected chi connectivity index (χ0v) is 17.5. The van der Waals surface area contributed by atoms with Gasteiger partial charge in [0.25, 0.3) is 0 Å². The molecule has 1 saturated heterocycles. The summed E-state index contributed by atoms with van der Waals surface area (Å²) in [6.45, 7) is 5.48. The average molecular weight is 423 g/mol. The van der Waals surface area contributed by atoms with Gasteiger partial charge in [0.05, 0.1) is 11.5 Å². The highest BCUT2D eigenvalue weighted by molar-refractivity contribution is 7.89. The highest BCUT2D eigenvalue weighted by Crippen LogP contribution is 2.21. The molecule has 0 atom stereocenters. The van der Waals surface area contributed by atoms with Crippen LogP contribution in [0.25, 0.3) is 0 Å². The number of amides is 1. The summed E-state index contributed by atoms with van der Waals surface area (Å²) in [4.78, 5) is 18.5. The van der Waals surface area contributed by atoms with Crippen molar-refractivity contribution in [1.82, 2.24) is 19.3 Å². The van der Waals surface area contributed by atoms with Gasteiger partial charge in [-0.25, -0.2) is 8.42 Å². The molecule has 0 bridgehead atoms. The van der Waals surface area contributed by atoms with Crippen LogP contribution in [0.5, 0.6) is 5.75 Å². The zero-order chi connectivity index (χ0) is 20.9. The van der Waals surface area contributed by atoms with E-state index in [2.05, 4.69) is 10.1 Å². The molecule has 1 fully saturated rings. The average Bonchev–Trinajstić information content (AvgIpc) is 3.14. The molecule has 0 unspecified atom stereocenters. The summed E-state index contributed by atoms with van der Waals surface area (Å²) in [5, 5.41) is 3.72. The largest absolute Gasteiger partial charge is 0.494 e. The van der Waals surface area contributed by atoms with Crippen LogP contribution in [-0.4, -0.2) is 66.5 Å². The van der Waals surface area contributed by atoms with Crippen molar-refractivity contribution in [3.63, 3.8) is 0 Å². The minimum absolute atomic E-state index is 0.0133. The standard InChI is InChI=1S/C19H26N4O5S/c1-3-27-16-7-9-17(10-8-16)29(25,26)23-13-11-22(12-14-23)19(24)6-4-5-18-20-15(2)21-28-18/h7-10H,3-6,11-14H2,1-2H3. The van der Waals surface area contributed by atoms with Crippen molar-refractivity contribution < 1.29 is 22.5 Å². The van der Waals surface area contributed by atoms with E-state index in [4.69, 9.17) is 9.26 Å². The molecule has 0 aliphatic carbocycles. The minimum Gasteiger partial charge on any atom is -0.494 e. The topological polar surface area (TPSA) is 106 Å². The molecule has 2 aromatic rings. The number of aryl methyl sites for hydroxylation is 2. The lowest BCUT2D eigenvalue weighted by molar-refractivity contribution is -0.132. The third-order valence-corrected chi connectivity index (χ3v) is 6.63. The molecule has 29 heavy (non-hydrogen) atoms. The van der Waals surface area contributed by atoms with Gasteiger partial charge in [-0.15, -0.1) is 0 Å². The molecular weight excluding hydrogens is 396 g/mol. The maximum atomic E-state index is 12.8. The molecule has 1 aliphatic heterocycles. The third-order valence-electron chi connectivity index (χ3n) is 4.71. The number of benzene rings is 1. The van der Waals surface area contributed by atoms with Crippen LogP contribution in [0.4, 0.5) is 0 Å². The first-order chi connectivity index (χ1) is 13.9. The highest BCUT2D eigenvalue weighted by Gasteiger charge is 2.30. The Balaban J connectivity index is 1.49. The molecule has 1 aromatic carbocycles. The van der Waals surface area contributed by atoms with E-state index in [1.807, 2.05) is 6.92 Å². The van der Waals surface area contributed by atoms with Gasteiger partial charge in [-0.1, -0.05) is 5.16 Å². The predicted molar refractivity (Wildman–Crippen MR) is 105 cm³/mol. The van der Waals surface area contributed by atoms with Crippen LogP contribution in [0.15, 0.2) is 33.7 Å². The highest BCUT2D eigenvalue weighted by atomic mass is 32.2. The molecule has 3 rings (SSSR count). The number of ether oxygens (including phenoxy) is 1. The lowest BCUT2D eigenvalue weighted by atomic mass is 10.2. The van der Waals surface area contributed by atoms with E-state index in [0.29, 0.717) is 56.4 Å². The minimum atomic E-state index is -3.58. The van der Waals surface area contributed by atoms with Gasteiger partial charge in [0.1, 0.15) is 5.75 Å². The fraction of sp³-hybridized carbons (Fsp3) is 0.526. The first kappa shape index (κ1) is 21.3. The second kappa shape index (κ2) is 9.36. The van der Waals surface area contributed by atoms with E-state index < -0.39 is 10.0 Å². The number of aromatic nitrogens is 2. The van der Waals surface area contributed by atoms with Crippen molar-refractivity contribution in [3.8, 4) is 5.75 Å². The van der Waals surface area contributed by atoms with Gasteiger partial charge < -0.3 is 14.2 Å². The molecule has 10 heteroatoms. The molecule has 0 spiro atoms. The second-order valence-electron chi connectivity index (χ2n) is 6.78. The third kappa shape index (κ3) is 5.33. The zero-order valence-electron chi connectivity index (χ0n) is 16.7. The molecule has 158 valence electrons. The molecular formula is C19H26N4O5S. The number of hydrogen-bond acceptors (Lipinski definition) is 7.